The first-order chi connectivity index (χ1) is 18.0. The highest BCUT2D eigenvalue weighted by molar-refractivity contribution is 5.92. The Labute approximate surface area is 214 Å². The van der Waals surface area contributed by atoms with Crippen LogP contribution in [0.1, 0.15) is 36.6 Å². The van der Waals surface area contributed by atoms with E-state index in [1.807, 2.05) is 0 Å². The summed E-state index contributed by atoms with van der Waals surface area (Å²) in [6.45, 7) is 3.51. The van der Waals surface area contributed by atoms with Crippen molar-refractivity contribution < 1.29 is 26.3 Å². The van der Waals surface area contributed by atoms with E-state index in [0.717, 1.165) is 37.6 Å². The zero-order valence-electron chi connectivity index (χ0n) is 20.2. The summed E-state index contributed by atoms with van der Waals surface area (Å²) >= 11 is 0. The fourth-order valence-electron chi connectivity index (χ4n) is 4.64. The number of anilines is 2. The Bertz CT molecular complexity index is 1450. The molecule has 5 nitrogen and oxygen atoms in total. The molecule has 1 aromatic carbocycles. The van der Waals surface area contributed by atoms with Crippen LogP contribution < -0.4 is 5.32 Å². The number of hydrogen-bond acceptors (Lipinski definition) is 5. The van der Waals surface area contributed by atoms with Gasteiger partial charge in [-0.05, 0) is 80.9 Å². The molecule has 1 atom stereocenters. The molecule has 1 fully saturated rings. The van der Waals surface area contributed by atoms with Crippen molar-refractivity contribution in [3.8, 4) is 11.4 Å². The van der Waals surface area contributed by atoms with E-state index < -0.39 is 23.5 Å². The Balaban J connectivity index is 1.58. The predicted octanol–water partition coefficient (Wildman–Crippen LogP) is 7.46. The minimum atomic E-state index is -4.61. The number of nitrogens with one attached hydrogen (secondary N) is 1. The van der Waals surface area contributed by atoms with Gasteiger partial charge in [0, 0.05) is 29.9 Å². The summed E-state index contributed by atoms with van der Waals surface area (Å²) in [6, 6.07) is 11.9. The molecule has 4 heterocycles. The van der Waals surface area contributed by atoms with Gasteiger partial charge in [-0.15, -0.1) is 0 Å². The number of benzene rings is 1. The first-order valence-corrected chi connectivity index (χ1v) is 12.0. The summed E-state index contributed by atoms with van der Waals surface area (Å²) in [5.74, 6) is 0. The molecule has 0 bridgehead atoms. The van der Waals surface area contributed by atoms with Crippen LogP contribution in [0.2, 0.25) is 0 Å². The lowest BCUT2D eigenvalue weighted by Gasteiger charge is -2.21. The molecule has 0 saturated carbocycles. The fraction of sp³-hybridized carbons (Fsp3) is 0.296. The van der Waals surface area contributed by atoms with Gasteiger partial charge in [-0.2, -0.15) is 26.3 Å². The number of nitrogens with zero attached hydrogens (tertiary/aromatic N) is 4. The van der Waals surface area contributed by atoms with Gasteiger partial charge in [-0.3, -0.25) is 9.88 Å². The maximum Gasteiger partial charge on any atom is 0.418 e. The van der Waals surface area contributed by atoms with Crippen LogP contribution in [-0.4, -0.2) is 32.4 Å². The lowest BCUT2D eigenvalue weighted by Crippen LogP contribution is -2.26. The number of hydrogen-bond donors (Lipinski definition) is 1. The third kappa shape index (κ3) is 5.42. The molecule has 0 radical (unpaired) electrons. The topological polar surface area (TPSA) is 53.9 Å². The van der Waals surface area contributed by atoms with Crippen molar-refractivity contribution in [1.29, 1.82) is 0 Å². The Hall–Kier alpha value is -3.73. The van der Waals surface area contributed by atoms with Gasteiger partial charge in [0.1, 0.15) is 5.69 Å². The molecule has 198 valence electrons. The molecule has 11 heteroatoms. The summed E-state index contributed by atoms with van der Waals surface area (Å²) in [7, 11) is 0. The second-order valence-corrected chi connectivity index (χ2v) is 9.29. The van der Waals surface area contributed by atoms with Gasteiger partial charge in [0.05, 0.1) is 28.2 Å². The van der Waals surface area contributed by atoms with Gasteiger partial charge in [0.15, 0.2) is 5.65 Å². The SMILES string of the molecule is CC1CCCN1Cc1cc(Nc2ccc(C(F)(F)F)cc2)c2ccc(-c3ncccc3C(F)(F)F)nc2n1. The average molecular weight is 532 g/mol. The maximum atomic E-state index is 13.6. The van der Waals surface area contributed by atoms with Crippen molar-refractivity contribution in [2.75, 3.05) is 11.9 Å². The summed E-state index contributed by atoms with van der Waals surface area (Å²) in [5, 5.41) is 3.65. The van der Waals surface area contributed by atoms with Crippen LogP contribution in [0.3, 0.4) is 0 Å². The van der Waals surface area contributed by atoms with Gasteiger partial charge >= 0.3 is 12.4 Å². The van der Waals surface area contributed by atoms with Crippen LogP contribution in [0.15, 0.2) is 60.8 Å². The number of halogens is 6. The molecule has 0 amide bonds. The maximum absolute atomic E-state index is 13.6. The highest BCUT2D eigenvalue weighted by Gasteiger charge is 2.35. The van der Waals surface area contributed by atoms with Gasteiger partial charge in [0.2, 0.25) is 0 Å². The Morgan fingerprint density at radius 2 is 1.71 bits per heavy atom. The van der Waals surface area contributed by atoms with E-state index in [1.165, 1.54) is 30.5 Å². The second kappa shape index (κ2) is 9.86. The summed E-state index contributed by atoms with van der Waals surface area (Å²) in [5.41, 5.74) is -0.163. The molecular weight excluding hydrogens is 508 g/mol. The first kappa shape index (κ1) is 25.9. The van der Waals surface area contributed by atoms with Crippen LogP contribution in [0.4, 0.5) is 37.7 Å². The van der Waals surface area contributed by atoms with Gasteiger partial charge in [0.25, 0.3) is 0 Å². The number of fused-ring (bicyclic) bond motifs is 1. The van der Waals surface area contributed by atoms with Crippen molar-refractivity contribution in [1.82, 2.24) is 19.9 Å². The van der Waals surface area contributed by atoms with Crippen molar-refractivity contribution in [2.45, 2.75) is 44.7 Å². The van der Waals surface area contributed by atoms with E-state index >= 15 is 0 Å². The molecule has 3 aromatic heterocycles. The van der Waals surface area contributed by atoms with Crippen molar-refractivity contribution in [3.05, 3.63) is 77.6 Å². The van der Waals surface area contributed by atoms with Gasteiger partial charge in [-0.25, -0.2) is 9.97 Å². The zero-order chi connectivity index (χ0) is 27.1. The Morgan fingerprint density at radius 3 is 2.37 bits per heavy atom. The minimum Gasteiger partial charge on any atom is -0.355 e. The number of aromatic nitrogens is 3. The van der Waals surface area contributed by atoms with Crippen molar-refractivity contribution >= 4 is 22.4 Å². The number of rotatable bonds is 5. The van der Waals surface area contributed by atoms with Crippen LogP contribution in [0.5, 0.6) is 0 Å². The van der Waals surface area contributed by atoms with E-state index in [2.05, 4.69) is 32.1 Å². The summed E-state index contributed by atoms with van der Waals surface area (Å²) in [6.07, 6.45) is -5.70. The van der Waals surface area contributed by atoms with E-state index in [4.69, 9.17) is 0 Å². The Morgan fingerprint density at radius 1 is 0.947 bits per heavy atom. The first-order valence-electron chi connectivity index (χ1n) is 12.0. The lowest BCUT2D eigenvalue weighted by atomic mass is 10.1. The van der Waals surface area contributed by atoms with E-state index in [-0.39, 0.29) is 17.0 Å². The summed E-state index contributed by atoms with van der Waals surface area (Å²) < 4.78 is 79.8. The summed E-state index contributed by atoms with van der Waals surface area (Å²) in [4.78, 5) is 15.3. The van der Waals surface area contributed by atoms with Crippen LogP contribution >= 0.6 is 0 Å². The zero-order valence-corrected chi connectivity index (χ0v) is 20.2. The average Bonchev–Trinajstić information content (AvgIpc) is 3.27. The standard InChI is InChI=1S/C27H23F6N5/c1-16-4-3-13-38(16)15-19-14-23(35-18-8-6-17(7-9-18)26(28,29)30)20-10-11-22(37-25(20)36-19)24-21(27(31,32)33)5-2-12-34-24/h2,5-12,14,16H,3-4,13,15H2,1H3,(H,35,36,37). The highest BCUT2D eigenvalue weighted by Crippen LogP contribution is 2.37. The molecule has 1 aliphatic heterocycles. The normalized spacial score (nSPS) is 16.8. The number of alkyl halides is 6. The Kier molecular flexibility index (Phi) is 6.72. The molecule has 1 aliphatic rings. The molecule has 0 aliphatic carbocycles. The van der Waals surface area contributed by atoms with Gasteiger partial charge < -0.3 is 5.32 Å². The molecule has 1 saturated heterocycles. The smallest absolute Gasteiger partial charge is 0.355 e. The van der Waals surface area contributed by atoms with Crippen molar-refractivity contribution in [3.63, 3.8) is 0 Å². The lowest BCUT2D eigenvalue weighted by molar-refractivity contribution is -0.138. The predicted molar refractivity (Wildman–Crippen MR) is 132 cm³/mol. The van der Waals surface area contributed by atoms with Crippen LogP contribution in [-0.2, 0) is 18.9 Å². The van der Waals surface area contributed by atoms with Crippen LogP contribution in [0, 0.1) is 0 Å². The van der Waals surface area contributed by atoms with E-state index in [9.17, 15) is 26.3 Å². The molecule has 38 heavy (non-hydrogen) atoms. The molecule has 4 aromatic rings. The van der Waals surface area contributed by atoms with Crippen LogP contribution in [0.25, 0.3) is 22.4 Å². The highest BCUT2D eigenvalue weighted by atomic mass is 19.4. The third-order valence-corrected chi connectivity index (χ3v) is 6.63. The molecule has 1 unspecified atom stereocenters. The largest absolute Gasteiger partial charge is 0.418 e. The van der Waals surface area contributed by atoms with E-state index in [0.29, 0.717) is 35.0 Å². The third-order valence-electron chi connectivity index (χ3n) is 6.63. The fourth-order valence-corrected chi connectivity index (χ4v) is 4.64. The second-order valence-electron chi connectivity index (χ2n) is 9.29. The van der Waals surface area contributed by atoms with E-state index in [1.54, 1.807) is 12.1 Å². The van der Waals surface area contributed by atoms with Gasteiger partial charge in [-0.1, -0.05) is 0 Å². The minimum absolute atomic E-state index is 0.0186. The molecule has 0 spiro atoms. The quantitative estimate of drug-likeness (QED) is 0.271. The molecule has 5 rings (SSSR count). The van der Waals surface area contributed by atoms with Crippen molar-refractivity contribution in [2.24, 2.45) is 0 Å². The molecule has 1 N–H and O–H groups in total. The number of pyridine rings is 3. The monoisotopic (exact) mass is 531 g/mol. The molecular formula is C27H23F6N5. The number of likely N-dealkylation sites (tertiary alicyclic amines) is 1.